The Balaban J connectivity index is 2.43. The first-order valence-electron chi connectivity index (χ1n) is 8.67. The summed E-state index contributed by atoms with van der Waals surface area (Å²) in [5.74, 6) is 1.32. The molecule has 140 valence electrons. The fourth-order valence-electron chi connectivity index (χ4n) is 2.60. The normalized spacial score (nSPS) is 11.6. The van der Waals surface area contributed by atoms with Gasteiger partial charge in [0.05, 0.1) is 14.2 Å². The van der Waals surface area contributed by atoms with E-state index in [4.69, 9.17) is 9.47 Å². The smallest absolute Gasteiger partial charge is 0.221 e. The highest BCUT2D eigenvalue weighted by Crippen LogP contribution is 2.27. The summed E-state index contributed by atoms with van der Waals surface area (Å²) in [4.78, 5) is 25.4. The molecule has 6 nitrogen and oxygen atoms in total. The fourth-order valence-corrected chi connectivity index (χ4v) is 2.60. The predicted octanol–water partition coefficient (Wildman–Crippen LogP) is 2.40. The first-order chi connectivity index (χ1) is 11.9. The topological polar surface area (TPSA) is 67.9 Å². The number of benzene rings is 1. The molecule has 1 unspecified atom stereocenters. The van der Waals surface area contributed by atoms with Crippen LogP contribution in [0.15, 0.2) is 18.2 Å². The van der Waals surface area contributed by atoms with E-state index in [1.165, 1.54) is 0 Å². The lowest BCUT2D eigenvalue weighted by molar-refractivity contribution is -0.131. The number of nitrogens with one attached hydrogen (secondary N) is 1. The number of amides is 2. The van der Waals surface area contributed by atoms with E-state index >= 15 is 0 Å². The van der Waals surface area contributed by atoms with Crippen molar-refractivity contribution in [1.29, 1.82) is 0 Å². The molecule has 1 atom stereocenters. The zero-order valence-electron chi connectivity index (χ0n) is 15.9. The zero-order chi connectivity index (χ0) is 18.8. The maximum atomic E-state index is 12.0. The molecule has 0 radical (unpaired) electrons. The van der Waals surface area contributed by atoms with Gasteiger partial charge in [-0.1, -0.05) is 13.0 Å². The monoisotopic (exact) mass is 350 g/mol. The van der Waals surface area contributed by atoms with Crippen LogP contribution in [0.2, 0.25) is 0 Å². The Labute approximate surface area is 150 Å². The van der Waals surface area contributed by atoms with Crippen LogP contribution in [0.4, 0.5) is 0 Å². The predicted molar refractivity (Wildman–Crippen MR) is 98.0 cm³/mol. The van der Waals surface area contributed by atoms with E-state index in [0.717, 1.165) is 12.0 Å². The summed E-state index contributed by atoms with van der Waals surface area (Å²) >= 11 is 0. The summed E-state index contributed by atoms with van der Waals surface area (Å²) in [5, 5.41) is 2.90. The van der Waals surface area contributed by atoms with Crippen molar-refractivity contribution in [3.63, 3.8) is 0 Å². The number of rotatable bonds is 10. The number of carbonyl (C=O) groups excluding carboxylic acids is 2. The van der Waals surface area contributed by atoms with Crippen molar-refractivity contribution < 1.29 is 19.1 Å². The molecule has 0 aliphatic rings. The number of hydrogen-bond donors (Lipinski definition) is 1. The molecule has 0 aromatic heterocycles. The van der Waals surface area contributed by atoms with Crippen LogP contribution in [0.3, 0.4) is 0 Å². The SMILES string of the molecule is CCC(C)N(CCC(=O)NCCc1ccc(OC)c(OC)c1)C(C)=O. The highest BCUT2D eigenvalue weighted by atomic mass is 16.5. The van der Waals surface area contributed by atoms with Crippen molar-refractivity contribution in [2.75, 3.05) is 27.3 Å². The molecule has 2 amide bonds. The van der Waals surface area contributed by atoms with E-state index in [2.05, 4.69) is 5.32 Å². The lowest BCUT2D eigenvalue weighted by Crippen LogP contribution is -2.39. The van der Waals surface area contributed by atoms with Crippen LogP contribution in [0.1, 0.15) is 39.2 Å². The highest BCUT2D eigenvalue weighted by Gasteiger charge is 2.16. The first-order valence-corrected chi connectivity index (χ1v) is 8.67. The second-order valence-electron chi connectivity index (χ2n) is 6.01. The Morgan fingerprint density at radius 3 is 2.44 bits per heavy atom. The van der Waals surface area contributed by atoms with Gasteiger partial charge in [-0.2, -0.15) is 0 Å². The summed E-state index contributed by atoms with van der Waals surface area (Å²) in [6.07, 6.45) is 1.89. The van der Waals surface area contributed by atoms with Gasteiger partial charge in [0.2, 0.25) is 11.8 Å². The minimum Gasteiger partial charge on any atom is -0.493 e. The van der Waals surface area contributed by atoms with E-state index in [1.807, 2.05) is 32.0 Å². The lowest BCUT2D eigenvalue weighted by Gasteiger charge is -2.27. The largest absolute Gasteiger partial charge is 0.493 e. The van der Waals surface area contributed by atoms with Gasteiger partial charge in [0.25, 0.3) is 0 Å². The molecule has 1 aromatic rings. The highest BCUT2D eigenvalue weighted by molar-refractivity contribution is 5.78. The van der Waals surface area contributed by atoms with Crippen molar-refractivity contribution in [1.82, 2.24) is 10.2 Å². The van der Waals surface area contributed by atoms with Crippen LogP contribution >= 0.6 is 0 Å². The molecule has 1 rings (SSSR count). The van der Waals surface area contributed by atoms with Crippen molar-refractivity contribution >= 4 is 11.8 Å². The summed E-state index contributed by atoms with van der Waals surface area (Å²) in [5.41, 5.74) is 1.06. The average molecular weight is 350 g/mol. The van der Waals surface area contributed by atoms with Gasteiger partial charge < -0.3 is 19.7 Å². The zero-order valence-corrected chi connectivity index (χ0v) is 15.9. The van der Waals surface area contributed by atoms with Crippen LogP contribution in [0.5, 0.6) is 11.5 Å². The molecule has 0 spiro atoms. The van der Waals surface area contributed by atoms with Crippen LogP contribution in [0.25, 0.3) is 0 Å². The third-order valence-electron chi connectivity index (χ3n) is 4.29. The molecule has 1 N–H and O–H groups in total. The number of methoxy groups -OCH3 is 2. The maximum absolute atomic E-state index is 12.0. The minimum atomic E-state index is -0.0463. The molecule has 0 aliphatic heterocycles. The second kappa shape index (κ2) is 10.6. The van der Waals surface area contributed by atoms with Crippen LogP contribution in [-0.2, 0) is 16.0 Å². The van der Waals surface area contributed by atoms with E-state index < -0.39 is 0 Å². The van der Waals surface area contributed by atoms with E-state index in [9.17, 15) is 9.59 Å². The minimum absolute atomic E-state index is 0.00692. The van der Waals surface area contributed by atoms with Gasteiger partial charge in [-0.3, -0.25) is 9.59 Å². The van der Waals surface area contributed by atoms with Gasteiger partial charge in [-0.25, -0.2) is 0 Å². The van der Waals surface area contributed by atoms with E-state index in [-0.39, 0.29) is 17.9 Å². The quantitative estimate of drug-likeness (QED) is 0.704. The van der Waals surface area contributed by atoms with Crippen LogP contribution < -0.4 is 14.8 Å². The Morgan fingerprint density at radius 1 is 1.20 bits per heavy atom. The number of ether oxygens (including phenoxy) is 2. The van der Waals surface area contributed by atoms with Gasteiger partial charge in [-0.05, 0) is 37.5 Å². The molecule has 0 saturated heterocycles. The van der Waals surface area contributed by atoms with Gasteiger partial charge in [-0.15, -0.1) is 0 Å². The maximum Gasteiger partial charge on any atom is 0.221 e. The van der Waals surface area contributed by atoms with Crippen LogP contribution in [-0.4, -0.2) is 50.1 Å². The lowest BCUT2D eigenvalue weighted by atomic mass is 10.1. The molecular weight excluding hydrogens is 320 g/mol. The Kier molecular flexibility index (Phi) is 8.81. The Bertz CT molecular complexity index is 575. The van der Waals surface area contributed by atoms with Crippen molar-refractivity contribution in [3.05, 3.63) is 23.8 Å². The van der Waals surface area contributed by atoms with Gasteiger partial charge >= 0.3 is 0 Å². The molecule has 0 heterocycles. The second-order valence-corrected chi connectivity index (χ2v) is 6.01. The third-order valence-corrected chi connectivity index (χ3v) is 4.29. The van der Waals surface area contributed by atoms with Crippen LogP contribution in [0, 0.1) is 0 Å². The van der Waals surface area contributed by atoms with Crippen molar-refractivity contribution in [2.45, 2.75) is 46.1 Å². The van der Waals surface area contributed by atoms with E-state index in [0.29, 0.717) is 37.4 Å². The van der Waals surface area contributed by atoms with Gasteiger partial charge in [0.15, 0.2) is 11.5 Å². The average Bonchev–Trinajstić information content (AvgIpc) is 2.61. The van der Waals surface area contributed by atoms with Gasteiger partial charge in [0, 0.05) is 32.5 Å². The summed E-state index contributed by atoms with van der Waals surface area (Å²) in [6, 6.07) is 5.86. The number of nitrogens with zero attached hydrogens (tertiary/aromatic N) is 1. The summed E-state index contributed by atoms with van der Waals surface area (Å²) < 4.78 is 10.5. The van der Waals surface area contributed by atoms with E-state index in [1.54, 1.807) is 26.0 Å². The molecule has 1 aromatic carbocycles. The Morgan fingerprint density at radius 2 is 1.88 bits per heavy atom. The van der Waals surface area contributed by atoms with Gasteiger partial charge in [0.1, 0.15) is 0 Å². The molecular formula is C19H30N2O4. The molecule has 6 heteroatoms. The molecule has 0 bridgehead atoms. The molecule has 0 aliphatic carbocycles. The first kappa shape index (κ1) is 20.8. The number of carbonyl (C=O) groups is 2. The molecule has 25 heavy (non-hydrogen) atoms. The third kappa shape index (κ3) is 6.64. The summed E-state index contributed by atoms with van der Waals surface area (Å²) in [7, 11) is 3.20. The fraction of sp³-hybridized carbons (Fsp3) is 0.579. The summed E-state index contributed by atoms with van der Waals surface area (Å²) in [6.45, 7) is 6.56. The molecule has 0 saturated carbocycles. The van der Waals surface area contributed by atoms with Crippen molar-refractivity contribution in [2.24, 2.45) is 0 Å². The molecule has 0 fully saturated rings. The van der Waals surface area contributed by atoms with Crippen molar-refractivity contribution in [3.8, 4) is 11.5 Å². The number of hydrogen-bond acceptors (Lipinski definition) is 4. The standard InChI is InChI=1S/C19H30N2O4/c1-6-14(2)21(15(3)22)12-10-19(23)20-11-9-16-7-8-17(24-4)18(13-16)25-5/h7-8,13-14H,6,9-12H2,1-5H3,(H,20,23). The Hall–Kier alpha value is -2.24.